The molecule has 3 heteroatoms. The lowest BCUT2D eigenvalue weighted by Gasteiger charge is -2.19. The summed E-state index contributed by atoms with van der Waals surface area (Å²) in [6, 6.07) is 0. The molecule has 0 amide bonds. The summed E-state index contributed by atoms with van der Waals surface area (Å²) in [6.07, 6.45) is 3.01. The van der Waals surface area contributed by atoms with Gasteiger partial charge in [0.15, 0.2) is 0 Å². The summed E-state index contributed by atoms with van der Waals surface area (Å²) in [5.74, 6) is 0. The molecule has 0 rings (SSSR count). The zero-order valence-electron chi connectivity index (χ0n) is 9.83. The lowest BCUT2D eigenvalue weighted by Crippen LogP contribution is -2.32. The van der Waals surface area contributed by atoms with E-state index in [0.29, 0.717) is 13.2 Å². The zero-order chi connectivity index (χ0) is 10.8. The third-order valence-corrected chi connectivity index (χ3v) is 2.08. The fourth-order valence-electron chi connectivity index (χ4n) is 1.35. The van der Waals surface area contributed by atoms with Crippen molar-refractivity contribution >= 4 is 0 Å². The number of ether oxygens (including phenoxy) is 1. The number of hydrogen-bond donors (Lipinski definition) is 1. The third-order valence-electron chi connectivity index (χ3n) is 2.08. The van der Waals surface area contributed by atoms with Crippen LogP contribution in [-0.4, -0.2) is 49.5 Å². The van der Waals surface area contributed by atoms with E-state index in [0.717, 1.165) is 32.4 Å². The lowest BCUT2D eigenvalue weighted by atomic mass is 10.3. The Bertz CT molecular complexity index is 120. The van der Waals surface area contributed by atoms with E-state index >= 15 is 0 Å². The van der Waals surface area contributed by atoms with Crippen molar-refractivity contribution in [1.82, 2.24) is 4.90 Å². The van der Waals surface area contributed by atoms with E-state index in [4.69, 9.17) is 4.74 Å². The molecule has 0 saturated carbocycles. The van der Waals surface area contributed by atoms with Crippen LogP contribution in [0.3, 0.4) is 0 Å². The molecule has 0 aliphatic heterocycles. The van der Waals surface area contributed by atoms with Gasteiger partial charge in [-0.2, -0.15) is 0 Å². The topological polar surface area (TPSA) is 32.7 Å². The van der Waals surface area contributed by atoms with Crippen LogP contribution in [0.1, 0.15) is 33.1 Å². The van der Waals surface area contributed by atoms with E-state index in [9.17, 15) is 5.11 Å². The van der Waals surface area contributed by atoms with Crippen LogP contribution >= 0.6 is 0 Å². The Morgan fingerprint density at radius 3 is 2.57 bits per heavy atom. The highest BCUT2D eigenvalue weighted by Crippen LogP contribution is 1.94. The normalized spacial score (nSPS) is 13.5. The molecule has 86 valence electrons. The van der Waals surface area contributed by atoms with E-state index in [2.05, 4.69) is 18.7 Å². The molecule has 3 nitrogen and oxygen atoms in total. The smallest absolute Gasteiger partial charge is 0.0900 e. The summed E-state index contributed by atoms with van der Waals surface area (Å²) >= 11 is 0. The first-order valence-electron chi connectivity index (χ1n) is 5.65. The van der Waals surface area contributed by atoms with Crippen LogP contribution < -0.4 is 0 Å². The highest BCUT2D eigenvalue weighted by atomic mass is 16.5. The number of nitrogens with zero attached hydrogens (tertiary/aromatic N) is 1. The molecule has 1 N–H and O–H groups in total. The maximum atomic E-state index is 9.58. The first-order chi connectivity index (χ1) is 6.70. The van der Waals surface area contributed by atoms with Gasteiger partial charge in [-0.25, -0.2) is 0 Å². The van der Waals surface area contributed by atoms with E-state index in [1.54, 1.807) is 0 Å². The molecule has 0 radical (unpaired) electrons. The molecule has 0 aliphatic rings. The highest BCUT2D eigenvalue weighted by molar-refractivity contribution is 4.59. The number of aliphatic hydroxyl groups is 1. The summed E-state index contributed by atoms with van der Waals surface area (Å²) in [5.41, 5.74) is 0. The van der Waals surface area contributed by atoms with Crippen LogP contribution in [0.25, 0.3) is 0 Å². The van der Waals surface area contributed by atoms with Crippen LogP contribution in [0, 0.1) is 0 Å². The number of hydrogen-bond acceptors (Lipinski definition) is 3. The second-order valence-corrected chi connectivity index (χ2v) is 3.84. The summed E-state index contributed by atoms with van der Waals surface area (Å²) in [5, 5.41) is 9.58. The molecular weight excluding hydrogens is 178 g/mol. The van der Waals surface area contributed by atoms with Crippen LogP contribution in [-0.2, 0) is 4.74 Å². The molecule has 0 bridgehead atoms. The van der Waals surface area contributed by atoms with Gasteiger partial charge >= 0.3 is 0 Å². The van der Waals surface area contributed by atoms with Crippen molar-refractivity contribution in [1.29, 1.82) is 0 Å². The molecule has 1 unspecified atom stereocenters. The van der Waals surface area contributed by atoms with E-state index in [1.807, 2.05) is 7.05 Å². The molecule has 0 saturated heterocycles. The Morgan fingerprint density at radius 1 is 1.29 bits per heavy atom. The average Bonchev–Trinajstić information content (AvgIpc) is 2.13. The Hall–Kier alpha value is -0.120. The fourth-order valence-corrected chi connectivity index (χ4v) is 1.35. The quantitative estimate of drug-likeness (QED) is 0.577. The average molecular weight is 203 g/mol. The first kappa shape index (κ1) is 13.9. The maximum Gasteiger partial charge on any atom is 0.0900 e. The molecule has 0 aromatic heterocycles. The Balaban J connectivity index is 3.30. The predicted octanol–water partition coefficient (Wildman–Crippen LogP) is 1.51. The van der Waals surface area contributed by atoms with Crippen LogP contribution in [0.15, 0.2) is 0 Å². The monoisotopic (exact) mass is 203 g/mol. The minimum Gasteiger partial charge on any atom is -0.389 e. The van der Waals surface area contributed by atoms with Crippen molar-refractivity contribution < 1.29 is 9.84 Å². The number of likely N-dealkylation sites (N-methyl/N-ethyl adjacent to an activating group) is 1. The van der Waals surface area contributed by atoms with Gasteiger partial charge in [0.25, 0.3) is 0 Å². The van der Waals surface area contributed by atoms with Crippen LogP contribution in [0.4, 0.5) is 0 Å². The van der Waals surface area contributed by atoms with Crippen molar-refractivity contribution in [2.45, 2.75) is 39.2 Å². The van der Waals surface area contributed by atoms with Crippen molar-refractivity contribution in [2.75, 3.05) is 33.4 Å². The summed E-state index contributed by atoms with van der Waals surface area (Å²) < 4.78 is 5.34. The molecular formula is C11H25NO2. The zero-order valence-corrected chi connectivity index (χ0v) is 9.83. The van der Waals surface area contributed by atoms with Gasteiger partial charge in [-0.1, -0.05) is 20.3 Å². The van der Waals surface area contributed by atoms with Gasteiger partial charge in [0, 0.05) is 13.2 Å². The molecule has 14 heavy (non-hydrogen) atoms. The van der Waals surface area contributed by atoms with Crippen molar-refractivity contribution in [3.05, 3.63) is 0 Å². The Morgan fingerprint density at radius 2 is 2.00 bits per heavy atom. The minimum absolute atomic E-state index is 0.344. The van der Waals surface area contributed by atoms with Gasteiger partial charge in [0.05, 0.1) is 12.7 Å². The van der Waals surface area contributed by atoms with E-state index in [-0.39, 0.29) is 6.10 Å². The first-order valence-corrected chi connectivity index (χ1v) is 5.65. The van der Waals surface area contributed by atoms with Gasteiger partial charge in [0.1, 0.15) is 0 Å². The molecule has 0 aliphatic carbocycles. The Labute approximate surface area is 88.1 Å². The van der Waals surface area contributed by atoms with Crippen molar-refractivity contribution in [2.24, 2.45) is 0 Å². The summed E-state index contributed by atoms with van der Waals surface area (Å²) in [6.45, 7) is 7.25. The van der Waals surface area contributed by atoms with Crippen LogP contribution in [0.2, 0.25) is 0 Å². The number of rotatable bonds is 9. The molecule has 0 heterocycles. The molecule has 0 fully saturated rings. The van der Waals surface area contributed by atoms with E-state index in [1.165, 1.54) is 0 Å². The van der Waals surface area contributed by atoms with Crippen molar-refractivity contribution in [3.8, 4) is 0 Å². The SMILES string of the molecule is CCCCOCC(O)CN(C)CCC. The predicted molar refractivity (Wildman–Crippen MR) is 59.5 cm³/mol. The highest BCUT2D eigenvalue weighted by Gasteiger charge is 2.06. The van der Waals surface area contributed by atoms with Crippen molar-refractivity contribution in [3.63, 3.8) is 0 Å². The maximum absolute atomic E-state index is 9.58. The van der Waals surface area contributed by atoms with Gasteiger partial charge < -0.3 is 14.7 Å². The Kier molecular flexibility index (Phi) is 9.35. The second kappa shape index (κ2) is 9.44. The fraction of sp³-hybridized carbons (Fsp3) is 1.00. The molecule has 0 spiro atoms. The van der Waals surface area contributed by atoms with Gasteiger partial charge in [-0.05, 0) is 26.4 Å². The lowest BCUT2D eigenvalue weighted by molar-refractivity contribution is 0.0199. The minimum atomic E-state index is -0.344. The molecule has 1 atom stereocenters. The van der Waals surface area contributed by atoms with Gasteiger partial charge in [-0.15, -0.1) is 0 Å². The summed E-state index contributed by atoms with van der Waals surface area (Å²) in [4.78, 5) is 2.13. The molecule has 0 aromatic rings. The largest absolute Gasteiger partial charge is 0.389 e. The third kappa shape index (κ3) is 8.48. The second-order valence-electron chi connectivity index (χ2n) is 3.84. The summed E-state index contributed by atoms with van der Waals surface area (Å²) in [7, 11) is 2.03. The number of unbranched alkanes of at least 4 members (excludes halogenated alkanes) is 1. The van der Waals surface area contributed by atoms with Gasteiger partial charge in [-0.3, -0.25) is 0 Å². The molecule has 0 aromatic carbocycles. The van der Waals surface area contributed by atoms with Gasteiger partial charge in [0.2, 0.25) is 0 Å². The van der Waals surface area contributed by atoms with E-state index < -0.39 is 0 Å². The van der Waals surface area contributed by atoms with Crippen LogP contribution in [0.5, 0.6) is 0 Å². The standard InChI is InChI=1S/C11H25NO2/c1-4-6-8-14-10-11(13)9-12(3)7-5-2/h11,13H,4-10H2,1-3H3. The number of aliphatic hydroxyl groups excluding tert-OH is 1.